The molecule has 24 heavy (non-hydrogen) atoms. The van der Waals surface area contributed by atoms with Crippen LogP contribution in [0.5, 0.6) is 5.75 Å². The van der Waals surface area contributed by atoms with Crippen molar-refractivity contribution >= 4 is 29.1 Å². The number of rotatable bonds is 8. The van der Waals surface area contributed by atoms with Gasteiger partial charge in [0.15, 0.2) is 0 Å². The molecule has 0 aliphatic rings. The number of methoxy groups -OCH3 is 1. The molecular formula is C16H16N2O5S. The molecule has 7 nitrogen and oxygen atoms in total. The number of non-ortho nitro benzene ring substituents is 1. The van der Waals surface area contributed by atoms with Gasteiger partial charge in [-0.05, 0) is 17.7 Å². The topological polar surface area (TPSA) is 102 Å². The van der Waals surface area contributed by atoms with Gasteiger partial charge in [-0.25, -0.2) is 0 Å². The number of hydrogen-bond donors (Lipinski definition) is 2. The van der Waals surface area contributed by atoms with Crippen LogP contribution in [-0.2, 0) is 4.79 Å². The van der Waals surface area contributed by atoms with E-state index in [0.717, 1.165) is 11.8 Å². The van der Waals surface area contributed by atoms with Gasteiger partial charge in [-0.1, -0.05) is 24.3 Å². The maximum Gasteiger partial charge on any atom is 0.313 e. The van der Waals surface area contributed by atoms with Gasteiger partial charge >= 0.3 is 5.97 Å². The number of thioether (sulfide) groups is 1. The molecule has 126 valence electrons. The molecule has 0 spiro atoms. The number of anilines is 1. The maximum absolute atomic E-state index is 11.0. The zero-order valence-corrected chi connectivity index (χ0v) is 13.7. The Morgan fingerprint density at radius 2 is 2.08 bits per heavy atom. The first-order chi connectivity index (χ1) is 11.5. The summed E-state index contributed by atoms with van der Waals surface area (Å²) >= 11 is 1.13. The van der Waals surface area contributed by atoms with Crippen molar-refractivity contribution in [3.05, 3.63) is 64.2 Å². The van der Waals surface area contributed by atoms with E-state index in [1.807, 2.05) is 12.1 Å². The molecule has 0 heterocycles. The van der Waals surface area contributed by atoms with E-state index in [9.17, 15) is 14.9 Å². The summed E-state index contributed by atoms with van der Waals surface area (Å²) in [7, 11) is 1.53. The largest absolute Gasteiger partial charge is 0.495 e. The smallest absolute Gasteiger partial charge is 0.313 e. The van der Waals surface area contributed by atoms with E-state index in [0.29, 0.717) is 17.0 Å². The lowest BCUT2D eigenvalue weighted by Gasteiger charge is -2.20. The maximum atomic E-state index is 11.0. The molecule has 8 heteroatoms. The number of nitro groups is 1. The number of carboxylic acid groups (broad SMARTS) is 1. The molecule has 0 radical (unpaired) electrons. The Hall–Kier alpha value is -2.74. The van der Waals surface area contributed by atoms with E-state index >= 15 is 0 Å². The average molecular weight is 348 g/mol. The van der Waals surface area contributed by atoms with E-state index in [1.54, 1.807) is 24.3 Å². The van der Waals surface area contributed by atoms with Gasteiger partial charge < -0.3 is 15.2 Å². The molecule has 0 aliphatic heterocycles. The molecule has 0 unspecified atom stereocenters. The second kappa shape index (κ2) is 8.21. The van der Waals surface area contributed by atoms with Crippen molar-refractivity contribution in [3.63, 3.8) is 0 Å². The lowest BCUT2D eigenvalue weighted by molar-refractivity contribution is -0.384. The van der Waals surface area contributed by atoms with Crippen LogP contribution in [0, 0.1) is 10.1 Å². The third-order valence-electron chi connectivity index (χ3n) is 3.15. The predicted molar refractivity (Wildman–Crippen MR) is 92.5 cm³/mol. The third-order valence-corrected chi connectivity index (χ3v) is 4.29. The van der Waals surface area contributed by atoms with Crippen molar-refractivity contribution in [1.29, 1.82) is 0 Å². The number of nitro benzene ring substituents is 1. The zero-order chi connectivity index (χ0) is 17.5. The van der Waals surface area contributed by atoms with Gasteiger partial charge in [0.2, 0.25) is 0 Å². The summed E-state index contributed by atoms with van der Waals surface area (Å²) < 4.78 is 5.27. The molecule has 0 bridgehead atoms. The number of benzene rings is 2. The van der Waals surface area contributed by atoms with Gasteiger partial charge in [-0.15, -0.1) is 11.8 Å². The first-order valence-electron chi connectivity index (χ1n) is 6.98. The molecule has 0 saturated heterocycles. The Morgan fingerprint density at radius 1 is 1.33 bits per heavy atom. The minimum absolute atomic E-state index is 0.0461. The molecule has 0 aliphatic carbocycles. The van der Waals surface area contributed by atoms with Crippen LogP contribution < -0.4 is 10.1 Å². The van der Waals surface area contributed by atoms with Gasteiger partial charge in [-0.2, -0.15) is 0 Å². The van der Waals surface area contributed by atoms with E-state index in [4.69, 9.17) is 9.84 Å². The molecule has 2 aromatic rings. The number of aliphatic carboxylic acids is 1. The highest BCUT2D eigenvalue weighted by molar-refractivity contribution is 8.00. The van der Waals surface area contributed by atoms with Crippen LogP contribution in [-0.4, -0.2) is 28.9 Å². The molecule has 2 N–H and O–H groups in total. The van der Waals surface area contributed by atoms with Crippen molar-refractivity contribution in [2.24, 2.45) is 0 Å². The van der Waals surface area contributed by atoms with E-state index in [2.05, 4.69) is 5.32 Å². The summed E-state index contributed by atoms with van der Waals surface area (Å²) in [6.45, 7) is 0. The molecule has 0 amide bonds. The normalized spacial score (nSPS) is 11.5. The quantitative estimate of drug-likeness (QED) is 0.427. The lowest BCUT2D eigenvalue weighted by atomic mass is 10.2. The van der Waals surface area contributed by atoms with Gasteiger partial charge in [0.1, 0.15) is 5.75 Å². The summed E-state index contributed by atoms with van der Waals surface area (Å²) in [6, 6.07) is 13.3. The van der Waals surface area contributed by atoms with E-state index < -0.39 is 16.3 Å². The number of ether oxygens (including phenoxy) is 1. The van der Waals surface area contributed by atoms with Crippen LogP contribution in [0.4, 0.5) is 11.4 Å². The minimum atomic E-state index is -0.961. The highest BCUT2D eigenvalue weighted by Crippen LogP contribution is 2.35. The highest BCUT2D eigenvalue weighted by Gasteiger charge is 2.18. The van der Waals surface area contributed by atoms with E-state index in [-0.39, 0.29) is 11.4 Å². The molecule has 2 aromatic carbocycles. The highest BCUT2D eigenvalue weighted by atomic mass is 32.2. The van der Waals surface area contributed by atoms with Crippen molar-refractivity contribution in [3.8, 4) is 5.75 Å². The van der Waals surface area contributed by atoms with Crippen LogP contribution in [0.3, 0.4) is 0 Å². The number of nitrogens with one attached hydrogen (secondary N) is 1. The first-order valence-corrected chi connectivity index (χ1v) is 8.03. The second-order valence-electron chi connectivity index (χ2n) is 4.78. The molecular weight excluding hydrogens is 332 g/mol. The Morgan fingerprint density at radius 3 is 2.75 bits per heavy atom. The van der Waals surface area contributed by atoms with Gasteiger partial charge in [0.25, 0.3) is 5.69 Å². The number of carboxylic acids is 1. The predicted octanol–water partition coefficient (Wildman–Crippen LogP) is 3.53. The molecule has 0 saturated carbocycles. The van der Waals surface area contributed by atoms with Gasteiger partial charge in [0.05, 0.1) is 28.8 Å². The summed E-state index contributed by atoms with van der Waals surface area (Å²) in [6.07, 6.45) is 0. The zero-order valence-electron chi connectivity index (χ0n) is 12.8. The van der Waals surface area contributed by atoms with Gasteiger partial charge in [-0.3, -0.25) is 14.9 Å². The van der Waals surface area contributed by atoms with Crippen molar-refractivity contribution < 1.29 is 19.6 Å². The fourth-order valence-corrected chi connectivity index (χ4v) is 2.94. The summed E-state index contributed by atoms with van der Waals surface area (Å²) in [5, 5.41) is 22.6. The van der Waals surface area contributed by atoms with Crippen molar-refractivity contribution in [2.45, 2.75) is 5.37 Å². The van der Waals surface area contributed by atoms with Crippen LogP contribution in [0.1, 0.15) is 10.9 Å². The SMILES string of the molecule is COc1ccccc1N[C@H](SCC(=O)O)c1cccc([N+](=O)[O-])c1. The Labute approximate surface area is 142 Å². The summed E-state index contributed by atoms with van der Waals surface area (Å²) in [5.74, 6) is -0.503. The first kappa shape index (κ1) is 17.6. The monoisotopic (exact) mass is 348 g/mol. The Bertz CT molecular complexity index is 738. The Balaban J connectivity index is 2.32. The van der Waals surface area contributed by atoms with Crippen LogP contribution in [0.25, 0.3) is 0 Å². The van der Waals surface area contributed by atoms with Crippen molar-refractivity contribution in [2.75, 3.05) is 18.2 Å². The van der Waals surface area contributed by atoms with Crippen LogP contribution in [0.15, 0.2) is 48.5 Å². The second-order valence-corrected chi connectivity index (χ2v) is 5.87. The van der Waals surface area contributed by atoms with E-state index in [1.165, 1.54) is 19.2 Å². The number of carbonyl (C=O) groups is 1. The molecule has 0 fully saturated rings. The summed E-state index contributed by atoms with van der Waals surface area (Å²) in [4.78, 5) is 21.4. The number of nitrogens with zero attached hydrogens (tertiary/aromatic N) is 1. The van der Waals surface area contributed by atoms with Crippen LogP contribution in [0.2, 0.25) is 0 Å². The average Bonchev–Trinajstić information content (AvgIpc) is 2.58. The minimum Gasteiger partial charge on any atom is -0.495 e. The Kier molecular flexibility index (Phi) is 6.02. The third kappa shape index (κ3) is 4.63. The summed E-state index contributed by atoms with van der Waals surface area (Å²) in [5.41, 5.74) is 1.24. The fraction of sp³-hybridized carbons (Fsp3) is 0.188. The number of para-hydroxylation sites is 2. The molecule has 1 atom stereocenters. The van der Waals surface area contributed by atoms with Crippen molar-refractivity contribution in [1.82, 2.24) is 0 Å². The van der Waals surface area contributed by atoms with Crippen LogP contribution >= 0.6 is 11.8 Å². The standard InChI is InChI=1S/C16H16N2O5S/c1-23-14-8-3-2-7-13(14)17-16(24-10-15(19)20)11-5-4-6-12(9-11)18(21)22/h2-9,16-17H,10H2,1H3,(H,19,20)/t16-/m1/s1. The number of hydrogen-bond acceptors (Lipinski definition) is 6. The molecule has 2 rings (SSSR count). The molecule has 0 aromatic heterocycles. The fourth-order valence-electron chi connectivity index (χ4n) is 2.08. The lowest BCUT2D eigenvalue weighted by Crippen LogP contribution is -2.11. The van der Waals surface area contributed by atoms with Gasteiger partial charge in [0, 0.05) is 12.1 Å².